The Hall–Kier alpha value is -1.40. The summed E-state index contributed by atoms with van der Waals surface area (Å²) >= 11 is 0. The molecule has 1 rings (SSSR count). The molecule has 5 nitrogen and oxygen atoms in total. The molecule has 0 aliphatic carbocycles. The molecule has 17 heavy (non-hydrogen) atoms. The molecule has 1 aromatic carbocycles. The Kier molecular flexibility index (Phi) is 4.65. The van der Waals surface area contributed by atoms with Crippen molar-refractivity contribution in [1.29, 1.82) is 0 Å². The molecule has 0 spiro atoms. The Labute approximate surface area is 101 Å². The molecule has 1 aromatic rings. The van der Waals surface area contributed by atoms with E-state index in [4.69, 9.17) is 0 Å². The fraction of sp³-hybridized carbons (Fsp3) is 0.364. The first-order valence-electron chi connectivity index (χ1n) is 5.26. The Balaban J connectivity index is 2.82. The topological polar surface area (TPSA) is 66.5 Å². The molecule has 0 heterocycles. The van der Waals surface area contributed by atoms with E-state index < -0.39 is 10.0 Å². The van der Waals surface area contributed by atoms with Gasteiger partial charge in [0.05, 0.1) is 11.4 Å². The third-order valence-electron chi connectivity index (χ3n) is 2.19. The maximum atomic E-state index is 12.0. The lowest BCUT2D eigenvalue weighted by molar-refractivity contribution is -0.121. The number of benzene rings is 1. The average Bonchev–Trinajstić information content (AvgIpc) is 2.30. The number of amides is 1. The number of sulfonamides is 1. The van der Waals surface area contributed by atoms with Crippen molar-refractivity contribution < 1.29 is 13.2 Å². The van der Waals surface area contributed by atoms with Crippen molar-refractivity contribution in [3.63, 3.8) is 0 Å². The van der Waals surface area contributed by atoms with Crippen LogP contribution in [0.2, 0.25) is 0 Å². The highest BCUT2D eigenvalue weighted by molar-refractivity contribution is 7.89. The van der Waals surface area contributed by atoms with Gasteiger partial charge in [-0.15, -0.1) is 0 Å². The number of nitrogens with zero attached hydrogens (tertiary/aromatic N) is 1. The van der Waals surface area contributed by atoms with Crippen LogP contribution in [0.15, 0.2) is 35.2 Å². The molecule has 0 radical (unpaired) electrons. The van der Waals surface area contributed by atoms with E-state index in [0.717, 1.165) is 4.31 Å². The van der Waals surface area contributed by atoms with Crippen molar-refractivity contribution >= 4 is 15.9 Å². The van der Waals surface area contributed by atoms with Crippen LogP contribution in [0.1, 0.15) is 6.92 Å². The van der Waals surface area contributed by atoms with Crippen molar-refractivity contribution in [3.8, 4) is 0 Å². The van der Waals surface area contributed by atoms with Crippen LogP contribution in [0.3, 0.4) is 0 Å². The quantitative estimate of drug-likeness (QED) is 0.831. The molecule has 94 valence electrons. The molecule has 0 atom stereocenters. The number of rotatable bonds is 5. The molecule has 6 heteroatoms. The monoisotopic (exact) mass is 256 g/mol. The third-order valence-corrected chi connectivity index (χ3v) is 4.01. The van der Waals surface area contributed by atoms with E-state index in [0.29, 0.717) is 6.54 Å². The number of likely N-dealkylation sites (N-methyl/N-ethyl adjacent to an activating group) is 2. The summed E-state index contributed by atoms with van der Waals surface area (Å²) in [7, 11) is -2.19. The van der Waals surface area contributed by atoms with Gasteiger partial charge in [-0.3, -0.25) is 4.79 Å². The van der Waals surface area contributed by atoms with Crippen LogP contribution in [0.4, 0.5) is 0 Å². The van der Waals surface area contributed by atoms with Gasteiger partial charge in [0.2, 0.25) is 15.9 Å². The molecule has 0 aliphatic rings. The molecule has 1 amide bonds. The largest absolute Gasteiger partial charge is 0.355 e. The van der Waals surface area contributed by atoms with E-state index in [2.05, 4.69) is 5.32 Å². The van der Waals surface area contributed by atoms with Crippen molar-refractivity contribution in [1.82, 2.24) is 9.62 Å². The van der Waals surface area contributed by atoms with E-state index in [9.17, 15) is 13.2 Å². The standard InChI is InChI=1S/C11H16N2O3S/c1-3-12-11(14)9-13(2)17(15,16)10-7-5-4-6-8-10/h4-8H,3,9H2,1-2H3,(H,12,14). The highest BCUT2D eigenvalue weighted by atomic mass is 32.2. The first kappa shape index (κ1) is 13.7. The van der Waals surface area contributed by atoms with Crippen LogP contribution in [0.5, 0.6) is 0 Å². The van der Waals surface area contributed by atoms with Gasteiger partial charge in [0.25, 0.3) is 0 Å². The van der Waals surface area contributed by atoms with Gasteiger partial charge in [-0.25, -0.2) is 8.42 Å². The summed E-state index contributed by atoms with van der Waals surface area (Å²) in [6.07, 6.45) is 0. The summed E-state index contributed by atoms with van der Waals surface area (Å²) < 4.78 is 25.1. The molecular formula is C11H16N2O3S. The summed E-state index contributed by atoms with van der Waals surface area (Å²) in [6, 6.07) is 8.04. The van der Waals surface area contributed by atoms with Crippen molar-refractivity contribution in [3.05, 3.63) is 30.3 Å². The van der Waals surface area contributed by atoms with Crippen LogP contribution < -0.4 is 5.32 Å². The number of hydrogen-bond donors (Lipinski definition) is 1. The molecule has 0 aliphatic heterocycles. The maximum absolute atomic E-state index is 12.0. The Morgan fingerprint density at radius 1 is 1.29 bits per heavy atom. The predicted octanol–water partition coefficient (Wildman–Crippen LogP) is 0.443. The van der Waals surface area contributed by atoms with Gasteiger partial charge in [0.1, 0.15) is 0 Å². The molecule has 0 unspecified atom stereocenters. The maximum Gasteiger partial charge on any atom is 0.243 e. The van der Waals surface area contributed by atoms with E-state index in [1.54, 1.807) is 25.1 Å². The van der Waals surface area contributed by atoms with Crippen LogP contribution in [-0.4, -0.2) is 38.8 Å². The lowest BCUT2D eigenvalue weighted by Crippen LogP contribution is -2.38. The molecule has 0 saturated carbocycles. The summed E-state index contributed by atoms with van der Waals surface area (Å²) in [6.45, 7) is 2.09. The second-order valence-electron chi connectivity index (χ2n) is 3.53. The van der Waals surface area contributed by atoms with Gasteiger partial charge in [-0.2, -0.15) is 4.31 Å². The normalized spacial score (nSPS) is 11.5. The summed E-state index contributed by atoms with van der Waals surface area (Å²) in [5.41, 5.74) is 0. The van der Waals surface area contributed by atoms with E-state index in [1.165, 1.54) is 19.2 Å². The SMILES string of the molecule is CCNC(=O)CN(C)S(=O)(=O)c1ccccc1. The highest BCUT2D eigenvalue weighted by Crippen LogP contribution is 2.12. The predicted molar refractivity (Wildman–Crippen MR) is 64.9 cm³/mol. The van der Waals surface area contributed by atoms with Crippen LogP contribution >= 0.6 is 0 Å². The highest BCUT2D eigenvalue weighted by Gasteiger charge is 2.22. The molecule has 0 fully saturated rings. The fourth-order valence-electron chi connectivity index (χ4n) is 1.31. The van der Waals surface area contributed by atoms with E-state index in [1.807, 2.05) is 0 Å². The number of carbonyl (C=O) groups excluding carboxylic acids is 1. The minimum atomic E-state index is -3.58. The van der Waals surface area contributed by atoms with Gasteiger partial charge in [-0.05, 0) is 19.1 Å². The summed E-state index contributed by atoms with van der Waals surface area (Å²) in [4.78, 5) is 11.5. The first-order valence-corrected chi connectivity index (χ1v) is 6.70. The minimum Gasteiger partial charge on any atom is -0.355 e. The molecular weight excluding hydrogens is 240 g/mol. The Morgan fingerprint density at radius 3 is 2.41 bits per heavy atom. The van der Waals surface area contributed by atoms with Gasteiger partial charge < -0.3 is 5.32 Å². The van der Waals surface area contributed by atoms with Crippen LogP contribution in [0, 0.1) is 0 Å². The molecule has 1 N–H and O–H groups in total. The van der Waals surface area contributed by atoms with Gasteiger partial charge in [0.15, 0.2) is 0 Å². The number of carbonyl (C=O) groups is 1. The molecule has 0 aromatic heterocycles. The van der Waals surface area contributed by atoms with Crippen molar-refractivity contribution in [2.45, 2.75) is 11.8 Å². The van der Waals surface area contributed by atoms with Gasteiger partial charge in [-0.1, -0.05) is 18.2 Å². The van der Waals surface area contributed by atoms with Gasteiger partial charge in [0, 0.05) is 13.6 Å². The summed E-state index contributed by atoms with van der Waals surface area (Å²) in [5.74, 6) is -0.311. The first-order chi connectivity index (χ1) is 7.98. The van der Waals surface area contributed by atoms with E-state index >= 15 is 0 Å². The summed E-state index contributed by atoms with van der Waals surface area (Å²) in [5, 5.41) is 2.55. The lowest BCUT2D eigenvalue weighted by Gasteiger charge is -2.16. The van der Waals surface area contributed by atoms with Gasteiger partial charge >= 0.3 is 0 Å². The minimum absolute atomic E-state index is 0.176. The zero-order valence-electron chi connectivity index (χ0n) is 9.88. The third kappa shape index (κ3) is 3.54. The number of hydrogen-bond acceptors (Lipinski definition) is 3. The smallest absolute Gasteiger partial charge is 0.243 e. The zero-order chi connectivity index (χ0) is 12.9. The van der Waals surface area contributed by atoms with E-state index in [-0.39, 0.29) is 17.3 Å². The van der Waals surface area contributed by atoms with Crippen molar-refractivity contribution in [2.24, 2.45) is 0 Å². The average molecular weight is 256 g/mol. The Bertz CT molecular complexity index is 471. The lowest BCUT2D eigenvalue weighted by atomic mass is 10.4. The Morgan fingerprint density at radius 2 is 1.88 bits per heavy atom. The second-order valence-corrected chi connectivity index (χ2v) is 5.57. The number of nitrogens with one attached hydrogen (secondary N) is 1. The molecule has 0 bridgehead atoms. The van der Waals surface area contributed by atoms with Crippen molar-refractivity contribution in [2.75, 3.05) is 20.1 Å². The zero-order valence-corrected chi connectivity index (χ0v) is 10.7. The van der Waals surface area contributed by atoms with Crippen LogP contribution in [-0.2, 0) is 14.8 Å². The fourth-order valence-corrected chi connectivity index (χ4v) is 2.46. The second kappa shape index (κ2) is 5.79. The molecule has 0 saturated heterocycles. The van der Waals surface area contributed by atoms with Crippen LogP contribution in [0.25, 0.3) is 0 Å².